The van der Waals surface area contributed by atoms with Crippen LogP contribution in [0.15, 0.2) is 0 Å². The highest BCUT2D eigenvalue weighted by atomic mass is 16.6. The molecule has 4 nitrogen and oxygen atoms in total. The molecule has 0 aromatic rings. The van der Waals surface area contributed by atoms with Crippen LogP contribution in [0.25, 0.3) is 0 Å². The highest BCUT2D eigenvalue weighted by Gasteiger charge is 2.41. The molecule has 0 atom stereocenters. The smallest absolute Gasteiger partial charge is 0.410 e. The maximum absolute atomic E-state index is 12.1. The summed E-state index contributed by atoms with van der Waals surface area (Å²) < 4.78 is 5.34. The van der Waals surface area contributed by atoms with Gasteiger partial charge >= 0.3 is 6.09 Å². The van der Waals surface area contributed by atoms with Crippen LogP contribution in [0.4, 0.5) is 4.79 Å². The molecule has 17 heavy (non-hydrogen) atoms. The number of amides is 1. The molecule has 0 aliphatic heterocycles. The van der Waals surface area contributed by atoms with Gasteiger partial charge in [0.15, 0.2) is 0 Å². The quantitative estimate of drug-likeness (QED) is 0.806. The van der Waals surface area contributed by atoms with Gasteiger partial charge in [0, 0.05) is 13.1 Å². The van der Waals surface area contributed by atoms with Crippen LogP contribution in [0.1, 0.15) is 52.9 Å². The van der Waals surface area contributed by atoms with E-state index in [4.69, 9.17) is 10.5 Å². The minimum atomic E-state index is -0.200. The Bertz CT molecular complexity index is 248. The first-order valence-corrected chi connectivity index (χ1v) is 6.74. The third-order valence-electron chi connectivity index (χ3n) is 3.49. The Morgan fingerprint density at radius 1 is 1.41 bits per heavy atom. The number of nitrogens with zero attached hydrogens (tertiary/aromatic N) is 1. The zero-order chi connectivity index (χ0) is 12.9. The van der Waals surface area contributed by atoms with Gasteiger partial charge in [-0.2, -0.15) is 0 Å². The van der Waals surface area contributed by atoms with E-state index in [1.807, 2.05) is 18.7 Å². The van der Waals surface area contributed by atoms with Crippen molar-refractivity contribution >= 4 is 6.09 Å². The summed E-state index contributed by atoms with van der Waals surface area (Å²) in [5.74, 6) is 0. The van der Waals surface area contributed by atoms with Gasteiger partial charge in [0.2, 0.25) is 0 Å². The summed E-state index contributed by atoms with van der Waals surface area (Å²) in [7, 11) is 0. The van der Waals surface area contributed by atoms with Gasteiger partial charge in [-0.1, -0.05) is 19.8 Å². The van der Waals surface area contributed by atoms with E-state index < -0.39 is 0 Å². The Balaban J connectivity index is 2.79. The molecule has 4 heteroatoms. The van der Waals surface area contributed by atoms with E-state index in [0.717, 1.165) is 38.6 Å². The van der Waals surface area contributed by atoms with Crippen LogP contribution in [0, 0.1) is 0 Å². The molecule has 1 saturated carbocycles. The number of hydrogen-bond donors (Lipinski definition) is 1. The molecule has 1 aliphatic carbocycles. The summed E-state index contributed by atoms with van der Waals surface area (Å²) in [6.45, 7) is 7.12. The SMILES string of the molecule is CCCN(C(=O)OC(C)C)C1(CN)CCCC1. The zero-order valence-corrected chi connectivity index (χ0v) is 11.4. The van der Waals surface area contributed by atoms with Crippen molar-refractivity contribution in [1.82, 2.24) is 4.90 Å². The van der Waals surface area contributed by atoms with Gasteiger partial charge in [0.25, 0.3) is 0 Å². The molecule has 1 amide bonds. The molecule has 0 saturated heterocycles. The lowest BCUT2D eigenvalue weighted by molar-refractivity contribution is 0.0362. The van der Waals surface area contributed by atoms with Crippen LogP contribution in [-0.4, -0.2) is 35.7 Å². The molecule has 2 N–H and O–H groups in total. The predicted octanol–water partition coefficient (Wildman–Crippen LogP) is 2.51. The Kier molecular flexibility index (Phi) is 5.25. The molecule has 100 valence electrons. The largest absolute Gasteiger partial charge is 0.447 e. The van der Waals surface area contributed by atoms with Crippen molar-refractivity contribution in [2.75, 3.05) is 13.1 Å². The minimum absolute atomic E-state index is 0.0712. The van der Waals surface area contributed by atoms with Gasteiger partial charge in [0.05, 0.1) is 11.6 Å². The Hall–Kier alpha value is -0.770. The molecular formula is C13H26N2O2. The fourth-order valence-corrected chi connectivity index (χ4v) is 2.63. The highest BCUT2D eigenvalue weighted by Crippen LogP contribution is 2.35. The molecule has 0 spiro atoms. The van der Waals surface area contributed by atoms with Crippen molar-refractivity contribution in [2.45, 2.75) is 64.5 Å². The molecule has 0 aromatic heterocycles. The second-order valence-corrected chi connectivity index (χ2v) is 5.22. The van der Waals surface area contributed by atoms with Crippen molar-refractivity contribution in [3.05, 3.63) is 0 Å². The van der Waals surface area contributed by atoms with Crippen molar-refractivity contribution < 1.29 is 9.53 Å². The number of carbonyl (C=O) groups excluding carboxylic acids is 1. The second-order valence-electron chi connectivity index (χ2n) is 5.22. The Morgan fingerprint density at radius 2 is 2.00 bits per heavy atom. The van der Waals surface area contributed by atoms with Gasteiger partial charge in [-0.3, -0.25) is 0 Å². The average Bonchev–Trinajstić information content (AvgIpc) is 2.74. The monoisotopic (exact) mass is 242 g/mol. The summed E-state index contributed by atoms with van der Waals surface area (Å²) in [4.78, 5) is 14.0. The first-order valence-electron chi connectivity index (χ1n) is 6.74. The van der Waals surface area contributed by atoms with Gasteiger partial charge in [0.1, 0.15) is 0 Å². The van der Waals surface area contributed by atoms with Gasteiger partial charge in [-0.25, -0.2) is 4.79 Å². The van der Waals surface area contributed by atoms with Crippen molar-refractivity contribution in [3.63, 3.8) is 0 Å². The zero-order valence-electron chi connectivity index (χ0n) is 11.4. The normalized spacial score (nSPS) is 18.4. The first kappa shape index (κ1) is 14.3. The Labute approximate surface area is 104 Å². The van der Waals surface area contributed by atoms with Crippen LogP contribution in [0.2, 0.25) is 0 Å². The predicted molar refractivity (Wildman–Crippen MR) is 68.9 cm³/mol. The summed E-state index contributed by atoms with van der Waals surface area (Å²) in [5, 5.41) is 0. The van der Waals surface area contributed by atoms with Crippen molar-refractivity contribution in [3.8, 4) is 0 Å². The summed E-state index contributed by atoms with van der Waals surface area (Å²) >= 11 is 0. The number of ether oxygens (including phenoxy) is 1. The molecule has 0 unspecified atom stereocenters. The van der Waals surface area contributed by atoms with Crippen LogP contribution in [-0.2, 0) is 4.74 Å². The van der Waals surface area contributed by atoms with E-state index >= 15 is 0 Å². The molecule has 1 rings (SSSR count). The van der Waals surface area contributed by atoms with Gasteiger partial charge < -0.3 is 15.4 Å². The summed E-state index contributed by atoms with van der Waals surface area (Å²) in [5.41, 5.74) is 5.77. The maximum atomic E-state index is 12.1. The van der Waals surface area contributed by atoms with Crippen LogP contribution in [0.3, 0.4) is 0 Å². The van der Waals surface area contributed by atoms with Crippen LogP contribution < -0.4 is 5.73 Å². The second kappa shape index (κ2) is 6.24. The molecule has 0 bridgehead atoms. The molecule has 0 aromatic carbocycles. The van der Waals surface area contributed by atoms with Gasteiger partial charge in [-0.15, -0.1) is 0 Å². The van der Waals surface area contributed by atoms with Crippen LogP contribution in [0.5, 0.6) is 0 Å². The van der Waals surface area contributed by atoms with Crippen molar-refractivity contribution in [2.24, 2.45) is 5.73 Å². The molecule has 0 radical (unpaired) electrons. The first-order chi connectivity index (χ1) is 8.05. The lowest BCUT2D eigenvalue weighted by atomic mass is 9.95. The summed E-state index contributed by atoms with van der Waals surface area (Å²) in [6.07, 6.45) is 5.01. The number of carbonyl (C=O) groups is 1. The van der Waals surface area contributed by atoms with E-state index in [-0.39, 0.29) is 17.7 Å². The minimum Gasteiger partial charge on any atom is -0.447 e. The standard InChI is InChI=1S/C13H26N2O2/c1-4-9-15(12(16)17-11(2)3)13(10-14)7-5-6-8-13/h11H,4-10,14H2,1-3H3. The number of rotatable bonds is 5. The molecular weight excluding hydrogens is 216 g/mol. The summed E-state index contributed by atoms with van der Waals surface area (Å²) in [6, 6.07) is 0. The topological polar surface area (TPSA) is 55.6 Å². The van der Waals surface area contributed by atoms with E-state index in [1.54, 1.807) is 0 Å². The van der Waals surface area contributed by atoms with E-state index in [1.165, 1.54) is 0 Å². The third-order valence-corrected chi connectivity index (χ3v) is 3.49. The maximum Gasteiger partial charge on any atom is 0.410 e. The molecule has 1 fully saturated rings. The molecule has 1 aliphatic rings. The molecule has 0 heterocycles. The lowest BCUT2D eigenvalue weighted by Gasteiger charge is -2.40. The fourth-order valence-electron chi connectivity index (χ4n) is 2.63. The van der Waals surface area contributed by atoms with Crippen LogP contribution >= 0.6 is 0 Å². The highest BCUT2D eigenvalue weighted by molar-refractivity contribution is 5.69. The van der Waals surface area contributed by atoms with Gasteiger partial charge in [-0.05, 0) is 33.1 Å². The number of hydrogen-bond acceptors (Lipinski definition) is 3. The van der Waals surface area contributed by atoms with E-state index in [0.29, 0.717) is 6.54 Å². The fraction of sp³-hybridized carbons (Fsp3) is 0.923. The van der Waals surface area contributed by atoms with E-state index in [2.05, 4.69) is 6.92 Å². The lowest BCUT2D eigenvalue weighted by Crippen LogP contribution is -2.55. The third kappa shape index (κ3) is 3.35. The Morgan fingerprint density at radius 3 is 2.41 bits per heavy atom. The van der Waals surface area contributed by atoms with E-state index in [9.17, 15) is 4.79 Å². The number of nitrogens with two attached hydrogens (primary N) is 1. The average molecular weight is 242 g/mol. The van der Waals surface area contributed by atoms with Crippen molar-refractivity contribution in [1.29, 1.82) is 0 Å².